The summed E-state index contributed by atoms with van der Waals surface area (Å²) in [6.45, 7) is 1.84. The molecule has 0 aliphatic rings. The molecule has 1 heterocycles. The van der Waals surface area contributed by atoms with E-state index < -0.39 is 0 Å². The molecule has 1 N–H and O–H groups in total. The molecule has 3 aromatic rings. The van der Waals surface area contributed by atoms with Crippen LogP contribution in [0.2, 0.25) is 5.02 Å². The Morgan fingerprint density at radius 1 is 1.00 bits per heavy atom. The van der Waals surface area contributed by atoms with E-state index in [1.807, 2.05) is 12.1 Å². The lowest BCUT2D eigenvalue weighted by atomic mass is 10.1. The number of aromatic nitrogens is 1. The van der Waals surface area contributed by atoms with Crippen molar-refractivity contribution in [1.82, 2.24) is 9.88 Å². The van der Waals surface area contributed by atoms with Crippen molar-refractivity contribution in [2.45, 2.75) is 13.1 Å². The summed E-state index contributed by atoms with van der Waals surface area (Å²) in [6, 6.07) is 16.4. The highest BCUT2D eigenvalue weighted by molar-refractivity contribution is 6.30. The number of benzene rings is 2. The van der Waals surface area contributed by atoms with E-state index in [2.05, 4.69) is 59.5 Å². The Kier molecular flexibility index (Phi) is 3.77. The molecule has 0 amide bonds. The number of hydrogen-bond donors (Lipinski definition) is 1. The molecule has 0 spiro atoms. The van der Waals surface area contributed by atoms with Gasteiger partial charge in [0.2, 0.25) is 0 Å². The Balaban J connectivity index is 1.72. The van der Waals surface area contributed by atoms with Crippen LogP contribution in [0.15, 0.2) is 54.7 Å². The van der Waals surface area contributed by atoms with Crippen molar-refractivity contribution in [3.05, 3.63) is 70.9 Å². The van der Waals surface area contributed by atoms with Gasteiger partial charge in [0.1, 0.15) is 0 Å². The van der Waals surface area contributed by atoms with Crippen LogP contribution in [-0.2, 0) is 13.1 Å². The highest BCUT2D eigenvalue weighted by Crippen LogP contribution is 2.19. The second-order valence-corrected chi connectivity index (χ2v) is 5.59. The Hall–Kier alpha value is -1.77. The summed E-state index contributed by atoms with van der Waals surface area (Å²) in [5.74, 6) is 0. The first-order chi connectivity index (χ1) is 9.72. The molecule has 20 heavy (non-hydrogen) atoms. The summed E-state index contributed by atoms with van der Waals surface area (Å²) in [6.07, 6.45) is 2.10. The van der Waals surface area contributed by atoms with Crippen molar-refractivity contribution in [3.8, 4) is 0 Å². The summed E-state index contributed by atoms with van der Waals surface area (Å²) in [7, 11) is 2.14. The average molecular weight is 285 g/mol. The largest absolute Gasteiger partial charge is 0.361 e. The van der Waals surface area contributed by atoms with Gasteiger partial charge in [-0.1, -0.05) is 41.9 Å². The van der Waals surface area contributed by atoms with E-state index in [-0.39, 0.29) is 0 Å². The fraction of sp³-hybridized carbons (Fsp3) is 0.176. The second-order valence-electron chi connectivity index (χ2n) is 5.16. The third-order valence-corrected chi connectivity index (χ3v) is 3.73. The lowest BCUT2D eigenvalue weighted by Gasteiger charge is -2.16. The first kappa shape index (κ1) is 13.2. The molecule has 0 fully saturated rings. The minimum atomic E-state index is 0.785. The normalized spacial score (nSPS) is 11.3. The lowest BCUT2D eigenvalue weighted by Crippen LogP contribution is -2.16. The molecule has 0 saturated carbocycles. The predicted octanol–water partition coefficient (Wildman–Crippen LogP) is 4.45. The summed E-state index contributed by atoms with van der Waals surface area (Å²) < 4.78 is 0. The van der Waals surface area contributed by atoms with E-state index in [4.69, 9.17) is 11.6 Å². The first-order valence-electron chi connectivity index (χ1n) is 6.70. The molecule has 0 bridgehead atoms. The van der Waals surface area contributed by atoms with Gasteiger partial charge in [-0.15, -0.1) is 0 Å². The summed E-state index contributed by atoms with van der Waals surface area (Å²) in [5.41, 5.74) is 3.80. The summed E-state index contributed by atoms with van der Waals surface area (Å²) in [4.78, 5) is 5.63. The third-order valence-electron chi connectivity index (χ3n) is 3.48. The fourth-order valence-corrected chi connectivity index (χ4v) is 2.64. The highest BCUT2D eigenvalue weighted by Gasteiger charge is 2.06. The molecule has 0 unspecified atom stereocenters. The number of nitrogens with one attached hydrogen (secondary N) is 1. The minimum absolute atomic E-state index is 0.785. The van der Waals surface area contributed by atoms with Crippen LogP contribution in [0, 0.1) is 0 Å². The fourth-order valence-electron chi connectivity index (χ4n) is 2.51. The summed E-state index contributed by atoms with van der Waals surface area (Å²) >= 11 is 5.91. The maximum atomic E-state index is 5.91. The van der Waals surface area contributed by atoms with Crippen molar-refractivity contribution < 1.29 is 0 Å². The molecule has 0 aliphatic heterocycles. The molecule has 0 aliphatic carbocycles. The number of nitrogens with zero attached hydrogens (tertiary/aromatic N) is 1. The highest BCUT2D eigenvalue weighted by atomic mass is 35.5. The van der Waals surface area contributed by atoms with Crippen LogP contribution in [0.5, 0.6) is 0 Å². The number of aromatic amines is 1. The second kappa shape index (κ2) is 5.70. The van der Waals surface area contributed by atoms with E-state index in [9.17, 15) is 0 Å². The minimum Gasteiger partial charge on any atom is -0.361 e. The van der Waals surface area contributed by atoms with Gasteiger partial charge in [-0.3, -0.25) is 4.90 Å². The summed E-state index contributed by atoms with van der Waals surface area (Å²) in [5, 5.41) is 2.09. The predicted molar refractivity (Wildman–Crippen MR) is 84.9 cm³/mol. The van der Waals surface area contributed by atoms with Gasteiger partial charge in [-0.2, -0.15) is 0 Å². The van der Waals surface area contributed by atoms with Crippen LogP contribution < -0.4 is 0 Å². The monoisotopic (exact) mass is 284 g/mol. The van der Waals surface area contributed by atoms with Crippen LogP contribution in [-0.4, -0.2) is 16.9 Å². The Morgan fingerprint density at radius 3 is 2.55 bits per heavy atom. The Labute approximate surface area is 124 Å². The number of H-pyrrole nitrogens is 1. The zero-order valence-corrected chi connectivity index (χ0v) is 12.2. The zero-order valence-electron chi connectivity index (χ0n) is 11.4. The molecule has 2 aromatic carbocycles. The van der Waals surface area contributed by atoms with Gasteiger partial charge in [-0.05, 0) is 36.4 Å². The Bertz CT molecular complexity index is 700. The molecule has 2 nitrogen and oxygen atoms in total. The van der Waals surface area contributed by atoms with Crippen LogP contribution in [0.4, 0.5) is 0 Å². The van der Waals surface area contributed by atoms with Crippen molar-refractivity contribution in [2.75, 3.05) is 7.05 Å². The van der Waals surface area contributed by atoms with Gasteiger partial charge in [-0.25, -0.2) is 0 Å². The molecule has 1 aromatic heterocycles. The van der Waals surface area contributed by atoms with Crippen LogP contribution in [0.25, 0.3) is 10.9 Å². The first-order valence-corrected chi connectivity index (χ1v) is 7.08. The van der Waals surface area contributed by atoms with Crippen molar-refractivity contribution in [3.63, 3.8) is 0 Å². The number of para-hydroxylation sites is 1. The standard InChI is InChI=1S/C17H17ClN2/c1-20(11-13-6-8-15(18)9-7-13)12-14-10-19-17-5-3-2-4-16(14)17/h2-10,19H,11-12H2,1H3. The smallest absolute Gasteiger partial charge is 0.0457 e. The number of rotatable bonds is 4. The van der Waals surface area contributed by atoms with Gasteiger partial charge < -0.3 is 4.98 Å². The maximum Gasteiger partial charge on any atom is 0.0457 e. The van der Waals surface area contributed by atoms with Crippen LogP contribution in [0.3, 0.4) is 0 Å². The van der Waals surface area contributed by atoms with Gasteiger partial charge in [0.05, 0.1) is 0 Å². The molecule has 3 rings (SSSR count). The van der Waals surface area contributed by atoms with Crippen molar-refractivity contribution >= 4 is 22.5 Å². The van der Waals surface area contributed by atoms with Crippen molar-refractivity contribution in [2.24, 2.45) is 0 Å². The van der Waals surface area contributed by atoms with E-state index >= 15 is 0 Å². The average Bonchev–Trinajstić information content (AvgIpc) is 2.85. The van der Waals surface area contributed by atoms with E-state index in [1.54, 1.807) is 0 Å². The number of hydrogen-bond acceptors (Lipinski definition) is 1. The van der Waals surface area contributed by atoms with E-state index in [1.165, 1.54) is 22.0 Å². The zero-order chi connectivity index (χ0) is 13.9. The maximum absolute atomic E-state index is 5.91. The van der Waals surface area contributed by atoms with Gasteiger partial charge in [0.25, 0.3) is 0 Å². The molecule has 0 saturated heterocycles. The molecule has 3 heteroatoms. The van der Waals surface area contributed by atoms with E-state index in [0.717, 1.165) is 18.1 Å². The van der Waals surface area contributed by atoms with Gasteiger partial charge >= 0.3 is 0 Å². The SMILES string of the molecule is CN(Cc1ccc(Cl)cc1)Cc1c[nH]c2ccccc12. The molecule has 102 valence electrons. The quantitative estimate of drug-likeness (QED) is 0.750. The van der Waals surface area contributed by atoms with Crippen molar-refractivity contribution in [1.29, 1.82) is 0 Å². The van der Waals surface area contributed by atoms with Gasteiger partial charge in [0.15, 0.2) is 0 Å². The topological polar surface area (TPSA) is 19.0 Å². The van der Waals surface area contributed by atoms with Crippen LogP contribution >= 0.6 is 11.6 Å². The third kappa shape index (κ3) is 2.87. The molecular formula is C17H17ClN2. The number of fused-ring (bicyclic) bond motifs is 1. The Morgan fingerprint density at radius 2 is 1.75 bits per heavy atom. The van der Waals surface area contributed by atoms with Crippen LogP contribution in [0.1, 0.15) is 11.1 Å². The molecule has 0 radical (unpaired) electrons. The number of halogens is 1. The molecule has 0 atom stereocenters. The molecular weight excluding hydrogens is 268 g/mol. The lowest BCUT2D eigenvalue weighted by molar-refractivity contribution is 0.320. The van der Waals surface area contributed by atoms with Gasteiger partial charge in [0, 0.05) is 35.2 Å². The van der Waals surface area contributed by atoms with E-state index in [0.29, 0.717) is 0 Å².